The van der Waals surface area contributed by atoms with Gasteiger partial charge in [-0.2, -0.15) is 0 Å². The summed E-state index contributed by atoms with van der Waals surface area (Å²) < 4.78 is 0. The molecule has 92 valence electrons. The van der Waals surface area contributed by atoms with Crippen molar-refractivity contribution in [2.75, 3.05) is 18.5 Å². The molecule has 0 radical (unpaired) electrons. The third kappa shape index (κ3) is 4.07. The van der Waals surface area contributed by atoms with Gasteiger partial charge in [0.1, 0.15) is 0 Å². The first-order valence-electron chi connectivity index (χ1n) is 4.94. The molecule has 7 heteroatoms. The van der Waals surface area contributed by atoms with E-state index in [-0.39, 0.29) is 18.8 Å². The van der Waals surface area contributed by atoms with E-state index in [4.69, 9.17) is 5.11 Å². The Labute approximate surface area is 97.6 Å². The van der Waals surface area contributed by atoms with Crippen LogP contribution < -0.4 is 10.6 Å². The van der Waals surface area contributed by atoms with E-state index >= 15 is 0 Å². The van der Waals surface area contributed by atoms with Gasteiger partial charge >= 0.3 is 6.03 Å². The smallest absolute Gasteiger partial charge is 0.319 e. The van der Waals surface area contributed by atoms with Gasteiger partial charge in [-0.05, 0) is 18.6 Å². The molecule has 1 rings (SSSR count). The fraction of sp³-hybridized carbons (Fsp3) is 0.300. The number of aliphatic hydroxyl groups is 1. The van der Waals surface area contributed by atoms with Gasteiger partial charge in [0.15, 0.2) is 0 Å². The zero-order valence-electron chi connectivity index (χ0n) is 9.27. The molecule has 0 aromatic heterocycles. The third-order valence-electron chi connectivity index (χ3n) is 1.93. The molecule has 1 aromatic rings. The van der Waals surface area contributed by atoms with Gasteiger partial charge < -0.3 is 15.7 Å². The molecule has 0 unspecified atom stereocenters. The van der Waals surface area contributed by atoms with Crippen LogP contribution in [0.3, 0.4) is 0 Å². The molecule has 1 aromatic carbocycles. The SMILES string of the molecule is Cc1cc(NC(=O)NCCO)cc([N+](=O)[O-])c1. The van der Waals surface area contributed by atoms with E-state index in [1.54, 1.807) is 13.0 Å². The Hall–Kier alpha value is -2.15. The molecule has 2 amide bonds. The summed E-state index contributed by atoms with van der Waals surface area (Å²) in [5.74, 6) is 0. The second-order valence-electron chi connectivity index (χ2n) is 3.42. The number of carbonyl (C=O) groups excluding carboxylic acids is 1. The zero-order valence-corrected chi connectivity index (χ0v) is 9.27. The van der Waals surface area contributed by atoms with Gasteiger partial charge in [0.05, 0.1) is 11.5 Å². The highest BCUT2D eigenvalue weighted by Crippen LogP contribution is 2.20. The van der Waals surface area contributed by atoms with Crippen LogP contribution in [0, 0.1) is 17.0 Å². The fourth-order valence-electron chi connectivity index (χ4n) is 1.29. The Balaban J connectivity index is 2.77. The van der Waals surface area contributed by atoms with Gasteiger partial charge in [0.2, 0.25) is 0 Å². The maximum absolute atomic E-state index is 11.3. The minimum Gasteiger partial charge on any atom is -0.395 e. The average molecular weight is 239 g/mol. The zero-order chi connectivity index (χ0) is 12.8. The third-order valence-corrected chi connectivity index (χ3v) is 1.93. The summed E-state index contributed by atoms with van der Waals surface area (Å²) in [5.41, 5.74) is 0.936. The lowest BCUT2D eigenvalue weighted by atomic mass is 10.2. The maximum Gasteiger partial charge on any atom is 0.319 e. The number of hydrogen-bond donors (Lipinski definition) is 3. The van der Waals surface area contributed by atoms with Crippen molar-refractivity contribution in [3.05, 3.63) is 33.9 Å². The number of hydrogen-bond acceptors (Lipinski definition) is 4. The Morgan fingerprint density at radius 1 is 1.47 bits per heavy atom. The van der Waals surface area contributed by atoms with Crippen LogP contribution >= 0.6 is 0 Å². The summed E-state index contributed by atoms with van der Waals surface area (Å²) in [4.78, 5) is 21.3. The van der Waals surface area contributed by atoms with Gasteiger partial charge in [-0.1, -0.05) is 0 Å². The number of nitro benzene ring substituents is 1. The molecule has 0 spiro atoms. The van der Waals surface area contributed by atoms with Crippen molar-refractivity contribution in [1.82, 2.24) is 5.32 Å². The molecule has 3 N–H and O–H groups in total. The number of nitro groups is 1. The van der Waals surface area contributed by atoms with Crippen LogP contribution in [0.1, 0.15) is 5.56 Å². The summed E-state index contributed by atoms with van der Waals surface area (Å²) >= 11 is 0. The van der Waals surface area contributed by atoms with Crippen molar-refractivity contribution in [3.8, 4) is 0 Å². The van der Waals surface area contributed by atoms with Gasteiger partial charge in [-0.3, -0.25) is 10.1 Å². The van der Waals surface area contributed by atoms with Crippen molar-refractivity contribution >= 4 is 17.4 Å². The molecule has 17 heavy (non-hydrogen) atoms. The molecule has 0 aliphatic carbocycles. The number of urea groups is 1. The minimum atomic E-state index is -0.524. The van der Waals surface area contributed by atoms with Crippen LogP contribution in [0.2, 0.25) is 0 Å². The highest BCUT2D eigenvalue weighted by Gasteiger charge is 2.09. The minimum absolute atomic E-state index is 0.0811. The van der Waals surface area contributed by atoms with E-state index in [9.17, 15) is 14.9 Å². The lowest BCUT2D eigenvalue weighted by Gasteiger charge is -2.07. The summed E-state index contributed by atoms with van der Waals surface area (Å²) in [5, 5.41) is 23.9. The Morgan fingerprint density at radius 2 is 2.18 bits per heavy atom. The van der Waals surface area contributed by atoms with E-state index in [2.05, 4.69) is 10.6 Å². The molecule has 0 aliphatic rings. The topological polar surface area (TPSA) is 104 Å². The highest BCUT2D eigenvalue weighted by atomic mass is 16.6. The molecule has 0 atom stereocenters. The monoisotopic (exact) mass is 239 g/mol. The second-order valence-corrected chi connectivity index (χ2v) is 3.42. The number of aliphatic hydroxyl groups excluding tert-OH is 1. The van der Waals surface area contributed by atoms with E-state index < -0.39 is 11.0 Å². The first-order valence-corrected chi connectivity index (χ1v) is 4.94. The molecule has 0 saturated heterocycles. The standard InChI is InChI=1S/C10H13N3O4/c1-7-4-8(6-9(5-7)13(16)17)12-10(15)11-2-3-14/h4-6,14H,2-3H2,1H3,(H2,11,12,15). The summed E-state index contributed by atoms with van der Waals surface area (Å²) in [6, 6.07) is 3.78. The number of nitrogens with one attached hydrogen (secondary N) is 2. The summed E-state index contributed by atoms with van der Waals surface area (Å²) in [7, 11) is 0. The summed E-state index contributed by atoms with van der Waals surface area (Å²) in [6.07, 6.45) is 0. The van der Waals surface area contributed by atoms with Gasteiger partial charge in [-0.15, -0.1) is 0 Å². The van der Waals surface area contributed by atoms with Gasteiger partial charge in [0, 0.05) is 24.4 Å². The number of amides is 2. The number of non-ortho nitro benzene ring substituents is 1. The van der Waals surface area contributed by atoms with Crippen molar-refractivity contribution in [1.29, 1.82) is 0 Å². The Morgan fingerprint density at radius 3 is 2.76 bits per heavy atom. The van der Waals surface area contributed by atoms with Crippen molar-refractivity contribution < 1.29 is 14.8 Å². The molecule has 7 nitrogen and oxygen atoms in total. The number of carbonyl (C=O) groups is 1. The first-order chi connectivity index (χ1) is 8.02. The van der Waals surface area contributed by atoms with Crippen LogP contribution in [-0.4, -0.2) is 29.2 Å². The van der Waals surface area contributed by atoms with E-state index in [0.717, 1.165) is 0 Å². The summed E-state index contributed by atoms with van der Waals surface area (Å²) in [6.45, 7) is 1.66. The predicted octanol–water partition coefficient (Wildman–Crippen LogP) is 1.02. The Bertz CT molecular complexity index is 434. The average Bonchev–Trinajstić information content (AvgIpc) is 2.25. The first kappa shape index (κ1) is 12.9. The predicted molar refractivity (Wildman–Crippen MR) is 61.9 cm³/mol. The number of aryl methyl sites for hydroxylation is 1. The number of rotatable bonds is 4. The van der Waals surface area contributed by atoms with Crippen LogP contribution in [0.25, 0.3) is 0 Å². The Kier molecular flexibility index (Phi) is 4.41. The van der Waals surface area contributed by atoms with Crippen molar-refractivity contribution in [2.45, 2.75) is 6.92 Å². The van der Waals surface area contributed by atoms with E-state index in [1.807, 2.05) is 0 Å². The van der Waals surface area contributed by atoms with E-state index in [0.29, 0.717) is 11.3 Å². The quantitative estimate of drug-likeness (QED) is 0.538. The lowest BCUT2D eigenvalue weighted by Crippen LogP contribution is -2.30. The largest absolute Gasteiger partial charge is 0.395 e. The molecular weight excluding hydrogens is 226 g/mol. The lowest BCUT2D eigenvalue weighted by molar-refractivity contribution is -0.384. The number of anilines is 1. The highest BCUT2D eigenvalue weighted by molar-refractivity contribution is 5.89. The van der Waals surface area contributed by atoms with E-state index in [1.165, 1.54) is 12.1 Å². The molecule has 0 heterocycles. The number of benzene rings is 1. The fourth-order valence-corrected chi connectivity index (χ4v) is 1.29. The molecule has 0 aliphatic heterocycles. The number of nitrogens with zero attached hydrogens (tertiary/aromatic N) is 1. The normalized spacial score (nSPS) is 9.76. The molecular formula is C10H13N3O4. The maximum atomic E-state index is 11.3. The van der Waals surface area contributed by atoms with Crippen LogP contribution in [-0.2, 0) is 0 Å². The molecule has 0 bridgehead atoms. The van der Waals surface area contributed by atoms with Crippen molar-refractivity contribution in [3.63, 3.8) is 0 Å². The van der Waals surface area contributed by atoms with Crippen LogP contribution in [0.4, 0.5) is 16.2 Å². The van der Waals surface area contributed by atoms with Gasteiger partial charge in [0.25, 0.3) is 5.69 Å². The molecule has 0 fully saturated rings. The van der Waals surface area contributed by atoms with Crippen LogP contribution in [0.15, 0.2) is 18.2 Å². The van der Waals surface area contributed by atoms with Crippen LogP contribution in [0.5, 0.6) is 0 Å². The second kappa shape index (κ2) is 5.80. The molecule has 0 saturated carbocycles. The van der Waals surface area contributed by atoms with Gasteiger partial charge in [-0.25, -0.2) is 4.79 Å². The van der Waals surface area contributed by atoms with Crippen molar-refractivity contribution in [2.24, 2.45) is 0 Å².